The van der Waals surface area contributed by atoms with Gasteiger partial charge >= 0.3 is 0 Å². The van der Waals surface area contributed by atoms with E-state index in [0.717, 1.165) is 22.3 Å². The molecule has 2 aromatic rings. The Bertz CT molecular complexity index is 465. The Morgan fingerprint density at radius 2 is 2.50 bits per heavy atom. The van der Waals surface area contributed by atoms with Gasteiger partial charge in [-0.15, -0.1) is 11.3 Å². The summed E-state index contributed by atoms with van der Waals surface area (Å²) in [7, 11) is 0. The van der Waals surface area contributed by atoms with Gasteiger partial charge in [-0.05, 0) is 18.4 Å². The number of rotatable bonds is 4. The Hall–Kier alpha value is -0.880. The first kappa shape index (κ1) is 11.6. The van der Waals surface area contributed by atoms with Gasteiger partial charge in [-0.1, -0.05) is 11.6 Å². The Kier molecular flexibility index (Phi) is 3.60. The molecule has 2 aromatic heterocycles. The summed E-state index contributed by atoms with van der Waals surface area (Å²) in [5.74, 6) is 6.48. The molecule has 16 heavy (non-hydrogen) atoms. The first-order valence-corrected chi connectivity index (χ1v) is 6.23. The van der Waals surface area contributed by atoms with Gasteiger partial charge in [0, 0.05) is 23.8 Å². The van der Waals surface area contributed by atoms with Crippen LogP contribution >= 0.6 is 22.9 Å². The molecular weight excluding hydrogens is 244 g/mol. The van der Waals surface area contributed by atoms with Crippen molar-refractivity contribution in [1.29, 1.82) is 0 Å². The van der Waals surface area contributed by atoms with E-state index >= 15 is 0 Å². The van der Waals surface area contributed by atoms with Gasteiger partial charge in [0.25, 0.3) is 0 Å². The summed E-state index contributed by atoms with van der Waals surface area (Å²) in [4.78, 5) is 5.31. The number of thiophene rings is 1. The number of hydrazine groups is 1. The quantitative estimate of drug-likeness (QED) is 0.651. The van der Waals surface area contributed by atoms with Crippen molar-refractivity contribution < 1.29 is 0 Å². The van der Waals surface area contributed by atoms with Gasteiger partial charge < -0.3 is 4.57 Å². The zero-order valence-corrected chi connectivity index (χ0v) is 10.4. The number of nitrogens with two attached hydrogens (primary N) is 1. The van der Waals surface area contributed by atoms with Crippen LogP contribution in [0.1, 0.15) is 23.7 Å². The number of halogens is 1. The summed E-state index contributed by atoms with van der Waals surface area (Å²) in [5.41, 5.74) is 2.77. The zero-order valence-electron chi connectivity index (χ0n) is 8.85. The van der Waals surface area contributed by atoms with Crippen molar-refractivity contribution in [3.8, 4) is 0 Å². The monoisotopic (exact) mass is 256 g/mol. The van der Waals surface area contributed by atoms with E-state index in [0.29, 0.717) is 0 Å². The third kappa shape index (κ3) is 1.99. The van der Waals surface area contributed by atoms with Crippen molar-refractivity contribution in [2.45, 2.75) is 19.5 Å². The third-order valence-corrected chi connectivity index (χ3v) is 3.84. The van der Waals surface area contributed by atoms with Crippen molar-refractivity contribution in [2.75, 3.05) is 0 Å². The van der Waals surface area contributed by atoms with Crippen LogP contribution in [0, 0.1) is 0 Å². The second kappa shape index (κ2) is 4.97. The molecule has 4 nitrogen and oxygen atoms in total. The number of nitrogens with one attached hydrogen (secondary N) is 1. The molecular formula is C10H13ClN4S. The molecule has 0 bridgehead atoms. The molecule has 1 unspecified atom stereocenters. The molecule has 0 saturated carbocycles. The lowest BCUT2D eigenvalue weighted by molar-refractivity contribution is 0.567. The van der Waals surface area contributed by atoms with Crippen LogP contribution in [0.15, 0.2) is 23.8 Å². The minimum Gasteiger partial charge on any atom is -0.334 e. The summed E-state index contributed by atoms with van der Waals surface area (Å²) in [5, 5.41) is 2.67. The van der Waals surface area contributed by atoms with Gasteiger partial charge in [-0.2, -0.15) is 0 Å². The summed E-state index contributed by atoms with van der Waals surface area (Å²) in [6, 6.07) is 1.72. The van der Waals surface area contributed by atoms with E-state index in [1.807, 2.05) is 22.2 Å². The van der Waals surface area contributed by atoms with Crippen LogP contribution < -0.4 is 11.3 Å². The molecule has 0 aromatic carbocycles. The topological polar surface area (TPSA) is 55.9 Å². The summed E-state index contributed by atoms with van der Waals surface area (Å²) < 4.78 is 2.04. The number of aryl methyl sites for hydroxylation is 1. The average molecular weight is 257 g/mol. The molecule has 2 heterocycles. The van der Waals surface area contributed by atoms with Crippen LogP contribution in [0.5, 0.6) is 0 Å². The van der Waals surface area contributed by atoms with Crippen molar-refractivity contribution in [3.05, 3.63) is 39.6 Å². The number of hydrogen-bond donors (Lipinski definition) is 2. The summed E-state index contributed by atoms with van der Waals surface area (Å²) >= 11 is 7.68. The number of nitrogens with zero attached hydrogens (tertiary/aromatic N) is 2. The van der Waals surface area contributed by atoms with Crippen LogP contribution in [0.25, 0.3) is 0 Å². The fraction of sp³-hybridized carbons (Fsp3) is 0.300. The molecule has 86 valence electrons. The van der Waals surface area contributed by atoms with Gasteiger partial charge in [0.1, 0.15) is 11.9 Å². The van der Waals surface area contributed by atoms with E-state index in [9.17, 15) is 0 Å². The predicted octanol–water partition coefficient (Wildman–Crippen LogP) is 2.17. The highest BCUT2D eigenvalue weighted by molar-refractivity contribution is 7.10. The molecule has 0 amide bonds. The van der Waals surface area contributed by atoms with Gasteiger partial charge in [0.05, 0.1) is 5.02 Å². The molecule has 6 heteroatoms. The first-order valence-electron chi connectivity index (χ1n) is 4.98. The van der Waals surface area contributed by atoms with Crippen molar-refractivity contribution >= 4 is 22.9 Å². The Balaban J connectivity index is 2.40. The summed E-state index contributed by atoms with van der Waals surface area (Å²) in [6.45, 7) is 2.92. The predicted molar refractivity (Wildman–Crippen MR) is 66.4 cm³/mol. The van der Waals surface area contributed by atoms with Gasteiger partial charge in [0.15, 0.2) is 0 Å². The maximum absolute atomic E-state index is 6.10. The standard InChI is InChI=1S/C10H13ClN4S/c1-2-15-5-4-13-10(15)8(14-12)9-7(11)3-6-16-9/h3-6,8,14H,2,12H2,1H3. The maximum Gasteiger partial charge on any atom is 0.132 e. The number of imidazole rings is 1. The van der Waals surface area contributed by atoms with E-state index in [1.165, 1.54) is 0 Å². The highest BCUT2D eigenvalue weighted by atomic mass is 35.5. The lowest BCUT2D eigenvalue weighted by atomic mass is 10.2. The average Bonchev–Trinajstić information content (AvgIpc) is 2.90. The SMILES string of the molecule is CCn1ccnc1C(NN)c1sccc1Cl. The van der Waals surface area contributed by atoms with Gasteiger partial charge in [0.2, 0.25) is 0 Å². The molecule has 0 radical (unpaired) electrons. The number of hydrogen-bond acceptors (Lipinski definition) is 4. The Labute approximate surface area is 103 Å². The van der Waals surface area contributed by atoms with E-state index < -0.39 is 0 Å². The van der Waals surface area contributed by atoms with E-state index in [-0.39, 0.29) is 6.04 Å². The minimum atomic E-state index is -0.151. The maximum atomic E-state index is 6.10. The van der Waals surface area contributed by atoms with Crippen molar-refractivity contribution in [1.82, 2.24) is 15.0 Å². The molecule has 0 aliphatic rings. The molecule has 0 spiro atoms. The molecule has 0 aliphatic carbocycles. The fourth-order valence-electron chi connectivity index (χ4n) is 1.63. The van der Waals surface area contributed by atoms with Crippen LogP contribution in [-0.4, -0.2) is 9.55 Å². The normalized spacial score (nSPS) is 12.9. The molecule has 2 rings (SSSR count). The second-order valence-electron chi connectivity index (χ2n) is 3.30. The van der Waals surface area contributed by atoms with E-state index in [1.54, 1.807) is 17.5 Å². The van der Waals surface area contributed by atoms with Crippen LogP contribution in [0.2, 0.25) is 5.02 Å². The van der Waals surface area contributed by atoms with Crippen LogP contribution in [-0.2, 0) is 6.54 Å². The van der Waals surface area contributed by atoms with Crippen LogP contribution in [0.4, 0.5) is 0 Å². The number of aromatic nitrogens is 2. The van der Waals surface area contributed by atoms with Crippen molar-refractivity contribution in [3.63, 3.8) is 0 Å². The zero-order chi connectivity index (χ0) is 11.5. The molecule has 0 aliphatic heterocycles. The van der Waals surface area contributed by atoms with E-state index in [4.69, 9.17) is 17.4 Å². The lowest BCUT2D eigenvalue weighted by Crippen LogP contribution is -2.30. The van der Waals surface area contributed by atoms with E-state index in [2.05, 4.69) is 17.3 Å². The molecule has 1 atom stereocenters. The van der Waals surface area contributed by atoms with Crippen molar-refractivity contribution in [2.24, 2.45) is 5.84 Å². The fourth-order valence-corrected chi connectivity index (χ4v) is 2.85. The molecule has 0 saturated heterocycles. The highest BCUT2D eigenvalue weighted by Gasteiger charge is 2.20. The smallest absolute Gasteiger partial charge is 0.132 e. The lowest BCUT2D eigenvalue weighted by Gasteiger charge is -2.15. The third-order valence-electron chi connectivity index (χ3n) is 2.42. The second-order valence-corrected chi connectivity index (χ2v) is 4.66. The summed E-state index contributed by atoms with van der Waals surface area (Å²) in [6.07, 6.45) is 3.70. The highest BCUT2D eigenvalue weighted by Crippen LogP contribution is 2.31. The Morgan fingerprint density at radius 1 is 1.69 bits per heavy atom. The van der Waals surface area contributed by atoms with Gasteiger partial charge in [-0.3, -0.25) is 5.84 Å². The largest absolute Gasteiger partial charge is 0.334 e. The molecule has 0 fully saturated rings. The Morgan fingerprint density at radius 3 is 3.06 bits per heavy atom. The minimum absolute atomic E-state index is 0.151. The molecule has 3 N–H and O–H groups in total. The first-order chi connectivity index (χ1) is 7.77. The van der Waals surface area contributed by atoms with Gasteiger partial charge in [-0.25, -0.2) is 10.4 Å². The van der Waals surface area contributed by atoms with Crippen LogP contribution in [0.3, 0.4) is 0 Å².